The fourth-order valence-corrected chi connectivity index (χ4v) is 1.13. The van der Waals surface area contributed by atoms with Gasteiger partial charge in [-0.15, -0.1) is 0 Å². The molecule has 1 rings (SSSR count). The molecule has 0 aromatic carbocycles. The molecule has 0 aromatic heterocycles. The third kappa shape index (κ3) is 7.15. The number of hydrogen-bond donors (Lipinski definition) is 1. The van der Waals surface area contributed by atoms with Gasteiger partial charge in [0.2, 0.25) is 0 Å². The maximum atomic E-state index is 11.6. The van der Waals surface area contributed by atoms with E-state index in [1.807, 2.05) is 0 Å². The summed E-state index contributed by atoms with van der Waals surface area (Å²) < 4.78 is 40.1. The van der Waals surface area contributed by atoms with Crippen LogP contribution in [0.4, 0.5) is 13.2 Å². The zero-order valence-corrected chi connectivity index (χ0v) is 8.07. The van der Waals surface area contributed by atoms with Gasteiger partial charge < -0.3 is 10.1 Å². The second kappa shape index (κ2) is 5.56. The Balaban J connectivity index is 1.75. The molecule has 0 atom stereocenters. The van der Waals surface area contributed by atoms with E-state index >= 15 is 0 Å². The minimum absolute atomic E-state index is 0.268. The Kier molecular flexibility index (Phi) is 4.68. The van der Waals surface area contributed by atoms with E-state index < -0.39 is 12.7 Å². The monoisotopic (exact) mass is 211 g/mol. The van der Waals surface area contributed by atoms with Crippen LogP contribution >= 0.6 is 0 Å². The van der Waals surface area contributed by atoms with Crippen molar-refractivity contribution in [1.82, 2.24) is 5.32 Å². The Bertz CT molecular complexity index is 157. The number of nitrogens with one attached hydrogen (secondary N) is 1. The van der Waals surface area contributed by atoms with Crippen molar-refractivity contribution in [1.29, 1.82) is 0 Å². The van der Waals surface area contributed by atoms with E-state index in [2.05, 4.69) is 5.32 Å². The Morgan fingerprint density at radius 1 is 1.21 bits per heavy atom. The Labute approximate surface area is 81.8 Å². The Morgan fingerprint density at radius 2 is 1.93 bits per heavy atom. The summed E-state index contributed by atoms with van der Waals surface area (Å²) in [5.74, 6) is 0.818. The molecule has 0 heterocycles. The van der Waals surface area contributed by atoms with Crippen LogP contribution in [-0.4, -0.2) is 32.5 Å². The van der Waals surface area contributed by atoms with Crippen LogP contribution < -0.4 is 5.32 Å². The minimum atomic E-state index is -4.12. The van der Waals surface area contributed by atoms with Crippen LogP contribution in [0.2, 0.25) is 0 Å². The van der Waals surface area contributed by atoms with Crippen molar-refractivity contribution < 1.29 is 17.9 Å². The number of halogens is 3. The Hall–Kier alpha value is -0.290. The first-order valence-electron chi connectivity index (χ1n) is 4.93. The molecule has 0 amide bonds. The van der Waals surface area contributed by atoms with Gasteiger partial charge in [0.1, 0.15) is 0 Å². The van der Waals surface area contributed by atoms with Crippen molar-refractivity contribution >= 4 is 0 Å². The van der Waals surface area contributed by atoms with E-state index in [4.69, 9.17) is 4.74 Å². The molecule has 2 nitrogen and oxygen atoms in total. The molecule has 0 unspecified atom stereocenters. The molecule has 1 aliphatic carbocycles. The first kappa shape index (κ1) is 11.8. The minimum Gasteiger partial charge on any atom is -0.380 e. The van der Waals surface area contributed by atoms with Crippen molar-refractivity contribution in [3.05, 3.63) is 0 Å². The fraction of sp³-hybridized carbons (Fsp3) is 1.00. The lowest BCUT2D eigenvalue weighted by Crippen LogP contribution is -2.31. The molecule has 84 valence electrons. The molecular formula is C9H16F3NO. The maximum Gasteiger partial charge on any atom is 0.401 e. The second-order valence-corrected chi connectivity index (χ2v) is 3.64. The third-order valence-corrected chi connectivity index (χ3v) is 2.12. The SMILES string of the molecule is FC(F)(F)CNCCOCCC1CC1. The molecule has 5 heteroatoms. The van der Waals surface area contributed by atoms with Gasteiger partial charge in [-0.2, -0.15) is 13.2 Å². The standard InChI is InChI=1S/C9H16F3NO/c10-9(11,12)7-13-4-6-14-5-3-8-1-2-8/h8,13H,1-7H2. The highest BCUT2D eigenvalue weighted by Crippen LogP contribution is 2.31. The van der Waals surface area contributed by atoms with Gasteiger partial charge in [0.25, 0.3) is 0 Å². The number of alkyl halides is 3. The van der Waals surface area contributed by atoms with Gasteiger partial charge in [-0.25, -0.2) is 0 Å². The second-order valence-electron chi connectivity index (χ2n) is 3.64. The summed E-state index contributed by atoms with van der Waals surface area (Å²) in [7, 11) is 0. The van der Waals surface area contributed by atoms with E-state index in [-0.39, 0.29) is 6.54 Å². The van der Waals surface area contributed by atoms with Crippen LogP contribution in [0.15, 0.2) is 0 Å². The fourth-order valence-electron chi connectivity index (χ4n) is 1.13. The van der Waals surface area contributed by atoms with Gasteiger partial charge in [-0.3, -0.25) is 0 Å². The topological polar surface area (TPSA) is 21.3 Å². The molecule has 1 saturated carbocycles. The van der Waals surface area contributed by atoms with Gasteiger partial charge in [-0.1, -0.05) is 12.8 Å². The van der Waals surface area contributed by atoms with Crippen LogP contribution in [0.25, 0.3) is 0 Å². The van der Waals surface area contributed by atoms with Gasteiger partial charge in [0, 0.05) is 13.2 Å². The summed E-state index contributed by atoms with van der Waals surface area (Å²) in [4.78, 5) is 0. The predicted molar refractivity (Wildman–Crippen MR) is 47.1 cm³/mol. The van der Waals surface area contributed by atoms with Crippen molar-refractivity contribution in [2.24, 2.45) is 5.92 Å². The zero-order valence-electron chi connectivity index (χ0n) is 8.07. The van der Waals surface area contributed by atoms with E-state index in [1.165, 1.54) is 12.8 Å². The van der Waals surface area contributed by atoms with E-state index in [0.717, 1.165) is 12.3 Å². The highest BCUT2D eigenvalue weighted by Gasteiger charge is 2.25. The van der Waals surface area contributed by atoms with Gasteiger partial charge in [0.15, 0.2) is 0 Å². The molecule has 1 fully saturated rings. The van der Waals surface area contributed by atoms with Gasteiger partial charge in [-0.05, 0) is 12.3 Å². The normalized spacial score (nSPS) is 17.4. The van der Waals surface area contributed by atoms with E-state index in [9.17, 15) is 13.2 Å². The van der Waals surface area contributed by atoms with Crippen LogP contribution in [0.1, 0.15) is 19.3 Å². The smallest absolute Gasteiger partial charge is 0.380 e. The van der Waals surface area contributed by atoms with Crippen LogP contribution in [-0.2, 0) is 4.74 Å². The summed E-state index contributed by atoms with van der Waals surface area (Å²) in [5, 5.41) is 2.28. The molecule has 0 bridgehead atoms. The van der Waals surface area contributed by atoms with Crippen molar-refractivity contribution in [2.45, 2.75) is 25.4 Å². The van der Waals surface area contributed by atoms with Gasteiger partial charge in [0.05, 0.1) is 13.2 Å². The summed E-state index contributed by atoms with van der Waals surface area (Å²) in [6, 6.07) is 0. The lowest BCUT2D eigenvalue weighted by atomic mass is 10.3. The quantitative estimate of drug-likeness (QED) is 0.650. The zero-order chi connectivity index (χ0) is 10.4. The molecule has 0 spiro atoms. The number of rotatable bonds is 7. The highest BCUT2D eigenvalue weighted by atomic mass is 19.4. The molecule has 0 saturated heterocycles. The maximum absolute atomic E-state index is 11.6. The number of ether oxygens (including phenoxy) is 1. The summed E-state index contributed by atoms with van der Waals surface area (Å²) in [6.45, 7) is 0.379. The Morgan fingerprint density at radius 3 is 2.50 bits per heavy atom. The largest absolute Gasteiger partial charge is 0.401 e. The number of hydrogen-bond acceptors (Lipinski definition) is 2. The van der Waals surface area contributed by atoms with Crippen molar-refractivity contribution in [3.63, 3.8) is 0 Å². The summed E-state index contributed by atoms with van der Waals surface area (Å²) in [6.07, 6.45) is -0.487. The average molecular weight is 211 g/mol. The molecule has 0 aromatic rings. The van der Waals surface area contributed by atoms with Crippen molar-refractivity contribution in [3.8, 4) is 0 Å². The van der Waals surface area contributed by atoms with Crippen LogP contribution in [0.5, 0.6) is 0 Å². The molecule has 1 N–H and O–H groups in total. The van der Waals surface area contributed by atoms with E-state index in [1.54, 1.807) is 0 Å². The average Bonchev–Trinajstić information content (AvgIpc) is 2.84. The van der Waals surface area contributed by atoms with E-state index in [0.29, 0.717) is 13.2 Å². The molecule has 1 aliphatic rings. The molecular weight excluding hydrogens is 195 g/mol. The molecule has 14 heavy (non-hydrogen) atoms. The van der Waals surface area contributed by atoms with Crippen molar-refractivity contribution in [2.75, 3.05) is 26.3 Å². The summed E-state index contributed by atoms with van der Waals surface area (Å²) >= 11 is 0. The van der Waals surface area contributed by atoms with Crippen LogP contribution in [0, 0.1) is 5.92 Å². The lowest BCUT2D eigenvalue weighted by molar-refractivity contribution is -0.125. The first-order chi connectivity index (χ1) is 6.58. The summed E-state index contributed by atoms with van der Waals surface area (Å²) in [5.41, 5.74) is 0. The van der Waals surface area contributed by atoms with Crippen LogP contribution in [0.3, 0.4) is 0 Å². The first-order valence-corrected chi connectivity index (χ1v) is 4.93. The van der Waals surface area contributed by atoms with Gasteiger partial charge >= 0.3 is 6.18 Å². The third-order valence-electron chi connectivity index (χ3n) is 2.12. The predicted octanol–water partition coefficient (Wildman–Crippen LogP) is 1.95. The molecule has 0 aliphatic heterocycles. The molecule has 0 radical (unpaired) electrons. The lowest BCUT2D eigenvalue weighted by Gasteiger charge is -2.08. The highest BCUT2D eigenvalue weighted by molar-refractivity contribution is 4.72.